The first-order valence-corrected chi connectivity index (χ1v) is 10.5. The number of ether oxygens (including phenoxy) is 1. The summed E-state index contributed by atoms with van der Waals surface area (Å²) < 4.78 is 8.41. The Hall–Kier alpha value is -3.03. The van der Waals surface area contributed by atoms with Crippen molar-refractivity contribution in [3.05, 3.63) is 46.9 Å². The molecule has 2 aromatic heterocycles. The monoisotopic (exact) mass is 409 g/mol. The Morgan fingerprint density at radius 3 is 2.73 bits per heavy atom. The van der Waals surface area contributed by atoms with E-state index >= 15 is 0 Å². The highest BCUT2D eigenvalue weighted by Crippen LogP contribution is 2.35. The largest absolute Gasteiger partial charge is 0.461 e. The molecule has 0 saturated heterocycles. The van der Waals surface area contributed by atoms with Crippen LogP contribution < -0.4 is 5.56 Å². The molecule has 0 unspecified atom stereocenters. The van der Waals surface area contributed by atoms with Gasteiger partial charge in [0.15, 0.2) is 5.65 Å². The molecule has 0 N–H and O–H groups in total. The van der Waals surface area contributed by atoms with Gasteiger partial charge in [-0.05, 0) is 42.7 Å². The zero-order valence-electron chi connectivity index (χ0n) is 17.6. The lowest BCUT2D eigenvalue weighted by Crippen LogP contribution is -2.37. The van der Waals surface area contributed by atoms with E-state index < -0.39 is 11.5 Å². The van der Waals surface area contributed by atoms with Gasteiger partial charge in [0.2, 0.25) is 0 Å². The fourth-order valence-electron chi connectivity index (χ4n) is 4.31. The summed E-state index contributed by atoms with van der Waals surface area (Å²) in [5.74, 6) is 0.865. The van der Waals surface area contributed by atoms with E-state index in [1.54, 1.807) is 4.68 Å². The van der Waals surface area contributed by atoms with Crippen LogP contribution in [0.2, 0.25) is 0 Å². The molecule has 0 amide bonds. The lowest BCUT2D eigenvalue weighted by atomic mass is 9.75. The maximum Gasteiger partial charge on any atom is 0.328 e. The van der Waals surface area contributed by atoms with Gasteiger partial charge >= 0.3 is 5.97 Å². The van der Waals surface area contributed by atoms with Crippen molar-refractivity contribution in [2.45, 2.75) is 52.7 Å². The van der Waals surface area contributed by atoms with Gasteiger partial charge in [-0.15, -0.1) is 5.10 Å². The average molecular weight is 409 g/mol. The van der Waals surface area contributed by atoms with Crippen molar-refractivity contribution in [3.63, 3.8) is 0 Å². The number of nitrogens with zero attached hydrogens (tertiary/aromatic N) is 5. The molecule has 0 bridgehead atoms. The summed E-state index contributed by atoms with van der Waals surface area (Å²) >= 11 is 0. The Morgan fingerprint density at radius 2 is 2.00 bits per heavy atom. The normalized spacial score (nSPS) is 21.8. The molecule has 158 valence electrons. The third-order valence-electron chi connectivity index (χ3n) is 5.98. The van der Waals surface area contributed by atoms with Crippen molar-refractivity contribution < 1.29 is 9.53 Å². The van der Waals surface area contributed by atoms with Gasteiger partial charge in [0.1, 0.15) is 18.0 Å². The molecule has 4 rings (SSSR count). The molecule has 1 aliphatic carbocycles. The van der Waals surface area contributed by atoms with E-state index in [2.05, 4.69) is 36.2 Å². The SMILES string of the molecule is CC(C)[C@@H]1CC[C@@H](C)C[C@@H]1OC(=O)Cn1nnc2c(cnn2-c2ccccc2)c1=O. The van der Waals surface area contributed by atoms with Crippen molar-refractivity contribution in [2.75, 3.05) is 0 Å². The lowest BCUT2D eigenvalue weighted by molar-refractivity contribution is -0.157. The van der Waals surface area contributed by atoms with Gasteiger partial charge < -0.3 is 4.74 Å². The minimum atomic E-state index is -0.453. The zero-order valence-corrected chi connectivity index (χ0v) is 17.6. The molecule has 0 spiro atoms. The van der Waals surface area contributed by atoms with Crippen LogP contribution in [-0.2, 0) is 16.1 Å². The second kappa shape index (κ2) is 8.38. The van der Waals surface area contributed by atoms with Crippen LogP contribution in [0.5, 0.6) is 0 Å². The van der Waals surface area contributed by atoms with Gasteiger partial charge in [-0.1, -0.05) is 50.6 Å². The summed E-state index contributed by atoms with van der Waals surface area (Å²) in [4.78, 5) is 25.4. The predicted molar refractivity (Wildman–Crippen MR) is 112 cm³/mol. The van der Waals surface area contributed by atoms with Crippen molar-refractivity contribution >= 4 is 17.0 Å². The van der Waals surface area contributed by atoms with E-state index in [0.717, 1.165) is 29.6 Å². The number of benzene rings is 1. The van der Waals surface area contributed by atoms with Crippen molar-refractivity contribution in [1.29, 1.82) is 0 Å². The quantitative estimate of drug-likeness (QED) is 0.602. The van der Waals surface area contributed by atoms with Crippen molar-refractivity contribution in [3.8, 4) is 5.69 Å². The Morgan fingerprint density at radius 1 is 1.23 bits per heavy atom. The van der Waals surface area contributed by atoms with Gasteiger partial charge in [0.25, 0.3) is 5.56 Å². The number of hydrogen-bond acceptors (Lipinski definition) is 6. The van der Waals surface area contributed by atoms with Crippen LogP contribution in [0.1, 0.15) is 40.0 Å². The van der Waals surface area contributed by atoms with Gasteiger partial charge in [0, 0.05) is 0 Å². The molecule has 1 aliphatic rings. The molecule has 8 heteroatoms. The van der Waals surface area contributed by atoms with Crippen LogP contribution in [0.25, 0.3) is 16.7 Å². The molecule has 0 radical (unpaired) electrons. The van der Waals surface area contributed by atoms with Crippen LogP contribution in [0.3, 0.4) is 0 Å². The Bertz CT molecular complexity index is 1090. The summed E-state index contributed by atoms with van der Waals surface area (Å²) in [5, 5.41) is 12.7. The number of carbonyl (C=O) groups is 1. The highest BCUT2D eigenvalue weighted by Gasteiger charge is 2.33. The minimum absolute atomic E-state index is 0.116. The number of carbonyl (C=O) groups excluding carboxylic acids is 1. The summed E-state index contributed by atoms with van der Waals surface area (Å²) in [5.41, 5.74) is 0.734. The molecule has 30 heavy (non-hydrogen) atoms. The number of fused-ring (bicyclic) bond motifs is 1. The van der Waals surface area contributed by atoms with E-state index in [-0.39, 0.29) is 12.6 Å². The van der Waals surface area contributed by atoms with E-state index in [4.69, 9.17) is 4.74 Å². The summed E-state index contributed by atoms with van der Waals surface area (Å²) in [6, 6.07) is 9.39. The second-order valence-electron chi connectivity index (χ2n) is 8.54. The fraction of sp³-hybridized carbons (Fsp3) is 0.500. The van der Waals surface area contributed by atoms with Gasteiger partial charge in [-0.25, -0.2) is 4.68 Å². The fourth-order valence-corrected chi connectivity index (χ4v) is 4.31. The topological polar surface area (TPSA) is 91.9 Å². The van der Waals surface area contributed by atoms with Gasteiger partial charge in [0.05, 0.1) is 11.9 Å². The Labute approximate surface area is 174 Å². The summed E-state index contributed by atoms with van der Waals surface area (Å²) in [6.07, 6.45) is 4.41. The van der Waals surface area contributed by atoms with E-state index in [9.17, 15) is 9.59 Å². The molecule has 3 aromatic rings. The van der Waals surface area contributed by atoms with Crippen molar-refractivity contribution in [2.24, 2.45) is 17.8 Å². The maximum absolute atomic E-state index is 12.8. The minimum Gasteiger partial charge on any atom is -0.461 e. The number of rotatable bonds is 5. The maximum atomic E-state index is 12.8. The number of aromatic nitrogens is 5. The van der Waals surface area contributed by atoms with Gasteiger partial charge in [-0.3, -0.25) is 9.59 Å². The van der Waals surface area contributed by atoms with Crippen LogP contribution in [0.4, 0.5) is 0 Å². The zero-order chi connectivity index (χ0) is 21.3. The molecule has 2 heterocycles. The number of para-hydroxylation sites is 1. The third-order valence-corrected chi connectivity index (χ3v) is 5.98. The molecule has 1 fully saturated rings. The first kappa shape index (κ1) is 20.3. The second-order valence-corrected chi connectivity index (χ2v) is 8.54. The smallest absolute Gasteiger partial charge is 0.328 e. The first-order valence-electron chi connectivity index (χ1n) is 10.5. The Balaban J connectivity index is 1.53. The first-order chi connectivity index (χ1) is 14.4. The summed E-state index contributed by atoms with van der Waals surface area (Å²) in [6.45, 7) is 6.26. The molecule has 1 saturated carbocycles. The van der Waals surface area contributed by atoms with Gasteiger partial charge in [-0.2, -0.15) is 9.78 Å². The number of esters is 1. The van der Waals surface area contributed by atoms with Crippen LogP contribution in [0.15, 0.2) is 41.3 Å². The molecule has 3 atom stereocenters. The lowest BCUT2D eigenvalue weighted by Gasteiger charge is -2.36. The van der Waals surface area contributed by atoms with E-state index in [1.165, 1.54) is 6.20 Å². The Kier molecular flexibility index (Phi) is 5.65. The van der Waals surface area contributed by atoms with E-state index in [0.29, 0.717) is 28.8 Å². The third kappa shape index (κ3) is 3.99. The molecular formula is C22H27N5O3. The number of hydrogen-bond donors (Lipinski definition) is 0. The standard InChI is InChI=1S/C22H27N5O3/c1-14(2)17-10-9-15(3)11-19(17)30-20(28)13-26-22(29)18-12-23-27(21(18)24-25-26)16-7-5-4-6-8-16/h4-8,12,14-15,17,19H,9-11,13H2,1-3H3/t15-,17+,19+/m1/s1. The average Bonchev–Trinajstić information content (AvgIpc) is 3.15. The molecule has 1 aromatic carbocycles. The molecule has 0 aliphatic heterocycles. The van der Waals surface area contributed by atoms with Crippen LogP contribution in [-0.4, -0.2) is 36.8 Å². The summed E-state index contributed by atoms with van der Waals surface area (Å²) in [7, 11) is 0. The van der Waals surface area contributed by atoms with Crippen molar-refractivity contribution in [1.82, 2.24) is 24.8 Å². The molecule has 8 nitrogen and oxygen atoms in total. The van der Waals surface area contributed by atoms with E-state index in [1.807, 2.05) is 30.3 Å². The highest BCUT2D eigenvalue weighted by atomic mass is 16.5. The van der Waals surface area contributed by atoms with Crippen LogP contribution in [0, 0.1) is 17.8 Å². The van der Waals surface area contributed by atoms with Crippen LogP contribution >= 0.6 is 0 Å². The molecular weight excluding hydrogens is 382 g/mol. The highest BCUT2D eigenvalue weighted by molar-refractivity contribution is 5.75. The predicted octanol–water partition coefficient (Wildman–Crippen LogP) is 2.98.